The molecular formula is C18H32O3. The Morgan fingerprint density at radius 2 is 2.05 bits per heavy atom. The molecule has 0 amide bonds. The van der Waals surface area contributed by atoms with E-state index < -0.39 is 0 Å². The fourth-order valence-electron chi connectivity index (χ4n) is 2.22. The average molecular weight is 296 g/mol. The maximum absolute atomic E-state index is 5.83. The second kappa shape index (κ2) is 11.0. The SMILES string of the molecule is CCCCCOCC1COC(/C=C(\C)CCC=C(C)C)O1. The van der Waals surface area contributed by atoms with Crippen molar-refractivity contribution in [2.75, 3.05) is 19.8 Å². The van der Waals surface area contributed by atoms with E-state index in [1.165, 1.54) is 24.0 Å². The quantitative estimate of drug-likeness (QED) is 0.434. The van der Waals surface area contributed by atoms with E-state index in [-0.39, 0.29) is 12.4 Å². The third kappa shape index (κ3) is 9.07. The van der Waals surface area contributed by atoms with Crippen molar-refractivity contribution in [2.24, 2.45) is 0 Å². The standard InChI is InChI=1S/C18H32O3/c1-5-6-7-11-19-13-17-14-20-18(21-17)12-16(4)10-8-9-15(2)3/h9,12,17-18H,5-8,10-11,13-14H2,1-4H3/b16-12+. The Labute approximate surface area is 130 Å². The number of hydrogen-bond acceptors (Lipinski definition) is 3. The van der Waals surface area contributed by atoms with E-state index in [0.717, 1.165) is 25.9 Å². The molecule has 21 heavy (non-hydrogen) atoms. The molecule has 0 saturated carbocycles. The van der Waals surface area contributed by atoms with Gasteiger partial charge in [-0.2, -0.15) is 0 Å². The lowest BCUT2D eigenvalue weighted by Gasteiger charge is -2.10. The Kier molecular flexibility index (Phi) is 9.64. The van der Waals surface area contributed by atoms with Crippen LogP contribution in [0.4, 0.5) is 0 Å². The van der Waals surface area contributed by atoms with Crippen molar-refractivity contribution in [2.45, 2.75) is 72.2 Å². The zero-order valence-corrected chi connectivity index (χ0v) is 14.2. The predicted octanol–water partition coefficient (Wildman–Crippen LogP) is 4.63. The van der Waals surface area contributed by atoms with Gasteiger partial charge >= 0.3 is 0 Å². The van der Waals surface area contributed by atoms with Gasteiger partial charge in [0.05, 0.1) is 13.2 Å². The molecule has 3 heteroatoms. The zero-order chi connectivity index (χ0) is 15.5. The molecule has 0 aromatic rings. The lowest BCUT2D eigenvalue weighted by Crippen LogP contribution is -2.19. The molecule has 1 aliphatic rings. The average Bonchev–Trinajstić information content (AvgIpc) is 2.85. The van der Waals surface area contributed by atoms with Gasteiger partial charge in [0.25, 0.3) is 0 Å². The van der Waals surface area contributed by atoms with Gasteiger partial charge in [0.1, 0.15) is 6.10 Å². The minimum atomic E-state index is -0.194. The molecule has 0 N–H and O–H groups in total. The maximum atomic E-state index is 5.83. The van der Waals surface area contributed by atoms with E-state index in [1.807, 2.05) is 0 Å². The maximum Gasteiger partial charge on any atom is 0.177 e. The molecule has 2 atom stereocenters. The number of hydrogen-bond donors (Lipinski definition) is 0. The second-order valence-corrected chi connectivity index (χ2v) is 6.08. The molecule has 3 nitrogen and oxygen atoms in total. The molecule has 0 aromatic carbocycles. The Balaban J connectivity index is 2.16. The van der Waals surface area contributed by atoms with Crippen LogP contribution in [0.3, 0.4) is 0 Å². The number of unbranched alkanes of at least 4 members (excludes halogenated alkanes) is 2. The van der Waals surface area contributed by atoms with Crippen LogP contribution in [0.1, 0.15) is 59.8 Å². The Morgan fingerprint density at radius 1 is 1.24 bits per heavy atom. The summed E-state index contributed by atoms with van der Waals surface area (Å²) in [6.07, 6.45) is 9.99. The molecule has 0 radical (unpaired) electrons. The van der Waals surface area contributed by atoms with Crippen molar-refractivity contribution < 1.29 is 14.2 Å². The highest BCUT2D eigenvalue weighted by molar-refractivity contribution is 5.04. The molecule has 1 fully saturated rings. The molecule has 122 valence electrons. The minimum absolute atomic E-state index is 0.0819. The summed E-state index contributed by atoms with van der Waals surface area (Å²) in [7, 11) is 0. The minimum Gasteiger partial charge on any atom is -0.379 e. The van der Waals surface area contributed by atoms with Gasteiger partial charge in [-0.25, -0.2) is 0 Å². The number of ether oxygens (including phenoxy) is 3. The van der Waals surface area contributed by atoms with Gasteiger partial charge in [-0.3, -0.25) is 0 Å². The molecule has 0 aromatic heterocycles. The van der Waals surface area contributed by atoms with Gasteiger partial charge in [0, 0.05) is 6.61 Å². The molecular weight excluding hydrogens is 264 g/mol. The smallest absolute Gasteiger partial charge is 0.177 e. The van der Waals surface area contributed by atoms with E-state index >= 15 is 0 Å². The topological polar surface area (TPSA) is 27.7 Å². The summed E-state index contributed by atoms with van der Waals surface area (Å²) in [6.45, 7) is 10.7. The summed E-state index contributed by atoms with van der Waals surface area (Å²) >= 11 is 0. The summed E-state index contributed by atoms with van der Waals surface area (Å²) in [6, 6.07) is 0. The van der Waals surface area contributed by atoms with Crippen LogP contribution in [0.15, 0.2) is 23.3 Å². The lowest BCUT2D eigenvalue weighted by molar-refractivity contribution is -0.0406. The first-order chi connectivity index (χ1) is 10.1. The van der Waals surface area contributed by atoms with Crippen molar-refractivity contribution in [1.82, 2.24) is 0 Å². The van der Waals surface area contributed by atoms with Gasteiger partial charge in [-0.1, -0.05) is 37.0 Å². The van der Waals surface area contributed by atoms with Crippen molar-refractivity contribution in [3.8, 4) is 0 Å². The summed E-state index contributed by atoms with van der Waals surface area (Å²) in [5.74, 6) is 0. The van der Waals surface area contributed by atoms with E-state index in [4.69, 9.17) is 14.2 Å². The van der Waals surface area contributed by atoms with Crippen LogP contribution >= 0.6 is 0 Å². The van der Waals surface area contributed by atoms with Crippen LogP contribution in [0, 0.1) is 0 Å². The van der Waals surface area contributed by atoms with Gasteiger partial charge in [-0.15, -0.1) is 0 Å². The highest BCUT2D eigenvalue weighted by Gasteiger charge is 2.24. The third-order valence-electron chi connectivity index (χ3n) is 3.48. The van der Waals surface area contributed by atoms with E-state index in [1.54, 1.807) is 0 Å². The highest BCUT2D eigenvalue weighted by atomic mass is 16.7. The fraction of sp³-hybridized carbons (Fsp3) is 0.778. The zero-order valence-electron chi connectivity index (χ0n) is 14.2. The van der Waals surface area contributed by atoms with E-state index in [2.05, 4.69) is 39.8 Å². The third-order valence-corrected chi connectivity index (χ3v) is 3.48. The van der Waals surface area contributed by atoms with Crippen LogP contribution in [0.5, 0.6) is 0 Å². The van der Waals surface area contributed by atoms with Crippen molar-refractivity contribution >= 4 is 0 Å². The largest absolute Gasteiger partial charge is 0.379 e. The highest BCUT2D eigenvalue weighted by Crippen LogP contribution is 2.17. The number of allylic oxidation sites excluding steroid dienone is 3. The Bertz CT molecular complexity index is 329. The Morgan fingerprint density at radius 3 is 2.76 bits per heavy atom. The van der Waals surface area contributed by atoms with Crippen LogP contribution in [-0.2, 0) is 14.2 Å². The van der Waals surface area contributed by atoms with Gasteiger partial charge in [0.15, 0.2) is 6.29 Å². The van der Waals surface area contributed by atoms with Crippen molar-refractivity contribution in [1.29, 1.82) is 0 Å². The number of rotatable bonds is 10. The summed E-state index contributed by atoms with van der Waals surface area (Å²) in [5.41, 5.74) is 2.69. The second-order valence-electron chi connectivity index (χ2n) is 6.08. The molecule has 0 bridgehead atoms. The van der Waals surface area contributed by atoms with Crippen LogP contribution in [-0.4, -0.2) is 32.2 Å². The fourth-order valence-corrected chi connectivity index (χ4v) is 2.22. The van der Waals surface area contributed by atoms with E-state index in [9.17, 15) is 0 Å². The van der Waals surface area contributed by atoms with Gasteiger partial charge < -0.3 is 14.2 Å². The van der Waals surface area contributed by atoms with E-state index in [0.29, 0.717) is 13.2 Å². The molecule has 1 rings (SSSR count). The van der Waals surface area contributed by atoms with Crippen LogP contribution in [0.2, 0.25) is 0 Å². The molecule has 2 unspecified atom stereocenters. The molecule has 1 heterocycles. The molecule has 1 aliphatic heterocycles. The summed E-state index contributed by atoms with van der Waals surface area (Å²) in [5, 5.41) is 0. The molecule has 1 saturated heterocycles. The first-order valence-electron chi connectivity index (χ1n) is 8.27. The predicted molar refractivity (Wildman–Crippen MR) is 87.4 cm³/mol. The van der Waals surface area contributed by atoms with Crippen molar-refractivity contribution in [3.63, 3.8) is 0 Å². The first-order valence-corrected chi connectivity index (χ1v) is 8.27. The first kappa shape index (κ1) is 18.4. The summed E-state index contributed by atoms with van der Waals surface area (Å²) < 4.78 is 17.1. The monoisotopic (exact) mass is 296 g/mol. The Hall–Kier alpha value is -0.640. The molecule has 0 spiro atoms. The van der Waals surface area contributed by atoms with Crippen LogP contribution < -0.4 is 0 Å². The van der Waals surface area contributed by atoms with Crippen molar-refractivity contribution in [3.05, 3.63) is 23.3 Å². The van der Waals surface area contributed by atoms with Gasteiger partial charge in [-0.05, 0) is 46.1 Å². The normalized spacial score (nSPS) is 22.6. The molecule has 0 aliphatic carbocycles. The van der Waals surface area contributed by atoms with Crippen LogP contribution in [0.25, 0.3) is 0 Å². The van der Waals surface area contributed by atoms with Gasteiger partial charge in [0.2, 0.25) is 0 Å². The summed E-state index contributed by atoms with van der Waals surface area (Å²) in [4.78, 5) is 0. The lowest BCUT2D eigenvalue weighted by atomic mass is 10.1.